The lowest BCUT2D eigenvalue weighted by atomic mass is 10.1. The fourth-order valence-electron chi connectivity index (χ4n) is 4.05. The summed E-state index contributed by atoms with van der Waals surface area (Å²) in [6.07, 6.45) is 9.06. The number of carboxylic acid groups (broad SMARTS) is 2. The molecule has 0 radical (unpaired) electrons. The number of fused-ring (bicyclic) bond motifs is 1. The Morgan fingerprint density at radius 2 is 1.63 bits per heavy atom. The van der Waals surface area contributed by atoms with E-state index in [1.807, 2.05) is 11.4 Å². The van der Waals surface area contributed by atoms with Crippen LogP contribution in [0.4, 0.5) is 5.95 Å². The minimum absolute atomic E-state index is 0.244. The zero-order valence-electron chi connectivity index (χ0n) is 19.6. The number of aliphatic carboxylic acids is 2. The Balaban J connectivity index is 0.000000371. The molecule has 0 spiro atoms. The van der Waals surface area contributed by atoms with Crippen molar-refractivity contribution in [3.05, 3.63) is 52.5 Å². The quantitative estimate of drug-likeness (QED) is 0.413. The highest BCUT2D eigenvalue weighted by Crippen LogP contribution is 2.24. The number of thiophene rings is 1. The first-order chi connectivity index (χ1) is 16.9. The molecule has 35 heavy (non-hydrogen) atoms. The van der Waals surface area contributed by atoms with Gasteiger partial charge in [0, 0.05) is 63.8 Å². The predicted octanol–water partition coefficient (Wildman–Crippen LogP) is 2.24. The number of carbonyl (C=O) groups is 3. The van der Waals surface area contributed by atoms with Crippen LogP contribution in [0.5, 0.6) is 0 Å². The Hall–Kier alpha value is -3.31. The number of rotatable bonds is 8. The predicted molar refractivity (Wildman–Crippen MR) is 133 cm³/mol. The fraction of sp³-hybridized carbons (Fsp3) is 0.458. The van der Waals surface area contributed by atoms with Gasteiger partial charge in [0.15, 0.2) is 0 Å². The van der Waals surface area contributed by atoms with Gasteiger partial charge in [-0.3, -0.25) is 9.69 Å². The topological polar surface area (TPSA) is 127 Å². The SMILES string of the molecule is O=C(O)C=CC(=O)O.O=C1c2sccc2CCCN1CCCCN1CCN(c2ncccn2)CC1. The van der Waals surface area contributed by atoms with Crippen molar-refractivity contribution in [1.82, 2.24) is 19.8 Å². The second-order valence-electron chi connectivity index (χ2n) is 8.27. The van der Waals surface area contributed by atoms with Gasteiger partial charge in [-0.05, 0) is 55.3 Å². The Morgan fingerprint density at radius 3 is 2.29 bits per heavy atom. The lowest BCUT2D eigenvalue weighted by Gasteiger charge is -2.34. The van der Waals surface area contributed by atoms with Crippen LogP contribution in [-0.4, -0.2) is 93.6 Å². The lowest BCUT2D eigenvalue weighted by Crippen LogP contribution is -2.47. The highest BCUT2D eigenvalue weighted by Gasteiger charge is 2.23. The van der Waals surface area contributed by atoms with Gasteiger partial charge in [0.1, 0.15) is 0 Å². The van der Waals surface area contributed by atoms with Crippen molar-refractivity contribution in [2.75, 3.05) is 50.7 Å². The fourth-order valence-corrected chi connectivity index (χ4v) is 4.97. The van der Waals surface area contributed by atoms with Gasteiger partial charge in [0.05, 0.1) is 4.88 Å². The van der Waals surface area contributed by atoms with Crippen LogP contribution in [0.2, 0.25) is 0 Å². The van der Waals surface area contributed by atoms with E-state index in [2.05, 4.69) is 30.7 Å². The van der Waals surface area contributed by atoms with Crippen LogP contribution >= 0.6 is 11.3 Å². The van der Waals surface area contributed by atoms with Crippen LogP contribution < -0.4 is 4.90 Å². The molecule has 0 aliphatic carbocycles. The molecule has 0 saturated carbocycles. The van der Waals surface area contributed by atoms with Gasteiger partial charge in [-0.2, -0.15) is 0 Å². The summed E-state index contributed by atoms with van der Waals surface area (Å²) in [5.74, 6) is -1.43. The van der Waals surface area contributed by atoms with Crippen molar-refractivity contribution >= 4 is 35.1 Å². The first-order valence-corrected chi connectivity index (χ1v) is 12.6. The van der Waals surface area contributed by atoms with Gasteiger partial charge in [-0.1, -0.05) is 0 Å². The summed E-state index contributed by atoms with van der Waals surface area (Å²) in [7, 11) is 0. The maximum Gasteiger partial charge on any atom is 0.328 e. The Bertz CT molecular complexity index is 989. The molecule has 4 rings (SSSR count). The molecule has 1 saturated heterocycles. The highest BCUT2D eigenvalue weighted by molar-refractivity contribution is 7.12. The Kier molecular flexibility index (Phi) is 10.2. The molecule has 10 nitrogen and oxygen atoms in total. The summed E-state index contributed by atoms with van der Waals surface area (Å²) >= 11 is 1.60. The monoisotopic (exact) mass is 501 g/mol. The number of carbonyl (C=O) groups excluding carboxylic acids is 1. The second kappa shape index (κ2) is 13.5. The van der Waals surface area contributed by atoms with E-state index >= 15 is 0 Å². The third-order valence-corrected chi connectivity index (χ3v) is 6.78. The third-order valence-electron chi connectivity index (χ3n) is 5.83. The van der Waals surface area contributed by atoms with Crippen LogP contribution in [-0.2, 0) is 16.0 Å². The van der Waals surface area contributed by atoms with Crippen LogP contribution in [0.25, 0.3) is 0 Å². The number of amides is 1. The number of nitrogens with zero attached hydrogens (tertiary/aromatic N) is 5. The molecule has 2 N–H and O–H groups in total. The van der Waals surface area contributed by atoms with Crippen molar-refractivity contribution in [1.29, 1.82) is 0 Å². The van der Waals surface area contributed by atoms with Crippen molar-refractivity contribution in [2.24, 2.45) is 0 Å². The maximum absolute atomic E-state index is 12.7. The molecule has 0 unspecified atom stereocenters. The van der Waals surface area contributed by atoms with Gasteiger partial charge >= 0.3 is 11.9 Å². The zero-order chi connectivity index (χ0) is 25.0. The van der Waals surface area contributed by atoms with Gasteiger partial charge in [-0.15, -0.1) is 11.3 Å². The van der Waals surface area contributed by atoms with Gasteiger partial charge in [-0.25, -0.2) is 19.6 Å². The van der Waals surface area contributed by atoms with E-state index in [-0.39, 0.29) is 5.91 Å². The number of unbranched alkanes of at least 4 members (excludes halogenated alkanes) is 1. The molecule has 11 heteroatoms. The summed E-state index contributed by atoms with van der Waals surface area (Å²) < 4.78 is 0. The molecule has 2 aromatic rings. The number of aromatic nitrogens is 2. The highest BCUT2D eigenvalue weighted by atomic mass is 32.1. The first-order valence-electron chi connectivity index (χ1n) is 11.7. The van der Waals surface area contributed by atoms with Crippen LogP contribution in [0, 0.1) is 0 Å². The molecule has 2 aromatic heterocycles. The van der Waals surface area contributed by atoms with E-state index < -0.39 is 11.9 Å². The molecule has 188 valence electrons. The van der Waals surface area contributed by atoms with Gasteiger partial charge < -0.3 is 20.0 Å². The van der Waals surface area contributed by atoms with Crippen molar-refractivity contribution in [3.63, 3.8) is 0 Å². The van der Waals surface area contributed by atoms with Crippen molar-refractivity contribution < 1.29 is 24.6 Å². The summed E-state index contributed by atoms with van der Waals surface area (Å²) in [5.41, 5.74) is 1.24. The molecular formula is C24H31N5O5S. The molecule has 4 heterocycles. The third kappa shape index (κ3) is 8.45. The zero-order valence-corrected chi connectivity index (χ0v) is 20.4. The minimum atomic E-state index is -1.26. The molecule has 1 fully saturated rings. The number of aryl methyl sites for hydroxylation is 1. The summed E-state index contributed by atoms with van der Waals surface area (Å²) in [6.45, 7) is 6.96. The van der Waals surface area contributed by atoms with Crippen LogP contribution in [0.3, 0.4) is 0 Å². The molecule has 2 aliphatic heterocycles. The number of hydrogen-bond donors (Lipinski definition) is 2. The van der Waals surface area contributed by atoms with E-state index in [0.29, 0.717) is 12.2 Å². The second-order valence-corrected chi connectivity index (χ2v) is 9.18. The smallest absolute Gasteiger partial charge is 0.328 e. The molecule has 0 bridgehead atoms. The summed E-state index contributed by atoms with van der Waals surface area (Å²) in [6, 6.07) is 3.97. The molecule has 1 amide bonds. The molecular weight excluding hydrogens is 470 g/mol. The average Bonchev–Trinajstić information content (AvgIpc) is 3.28. The lowest BCUT2D eigenvalue weighted by molar-refractivity contribution is -0.134. The Labute approximate surface area is 208 Å². The van der Waals surface area contributed by atoms with Crippen LogP contribution in [0.15, 0.2) is 42.1 Å². The maximum atomic E-state index is 12.7. The first kappa shape index (κ1) is 26.3. The van der Waals surface area contributed by atoms with Crippen molar-refractivity contribution in [3.8, 4) is 0 Å². The van der Waals surface area contributed by atoms with Crippen LogP contribution in [0.1, 0.15) is 34.5 Å². The number of anilines is 1. The number of hydrogen-bond acceptors (Lipinski definition) is 8. The standard InChI is InChI=1S/C20H27N5OS.C4H4O4/c26-19-18-17(6-16-27-18)5-3-11-24(19)10-2-1-9-23-12-14-25(15-13-23)20-21-7-4-8-22-20;5-3(6)1-2-4(7)8/h4,6-8,16H,1-3,5,9-15H2;1-2H,(H,5,6)(H,7,8). The molecule has 0 aromatic carbocycles. The average molecular weight is 502 g/mol. The van der Waals surface area contributed by atoms with E-state index in [1.54, 1.807) is 23.7 Å². The van der Waals surface area contributed by atoms with Crippen molar-refractivity contribution in [2.45, 2.75) is 25.7 Å². The largest absolute Gasteiger partial charge is 0.478 e. The summed E-state index contributed by atoms with van der Waals surface area (Å²) in [4.78, 5) is 48.3. The molecule has 0 atom stereocenters. The summed E-state index contributed by atoms with van der Waals surface area (Å²) in [5, 5.41) is 17.7. The van der Waals surface area contributed by atoms with E-state index in [0.717, 1.165) is 82.3 Å². The number of carboxylic acids is 2. The minimum Gasteiger partial charge on any atom is -0.478 e. The van der Waals surface area contributed by atoms with E-state index in [9.17, 15) is 14.4 Å². The Morgan fingerprint density at radius 1 is 0.971 bits per heavy atom. The van der Waals surface area contributed by atoms with Gasteiger partial charge in [0.25, 0.3) is 5.91 Å². The normalized spacial score (nSPS) is 16.4. The van der Waals surface area contributed by atoms with E-state index in [1.165, 1.54) is 5.56 Å². The molecule has 2 aliphatic rings. The van der Waals surface area contributed by atoms with Gasteiger partial charge in [0.2, 0.25) is 5.95 Å². The van der Waals surface area contributed by atoms with E-state index in [4.69, 9.17) is 10.2 Å². The number of piperazine rings is 1.